The summed E-state index contributed by atoms with van der Waals surface area (Å²) < 4.78 is 28.5. The molecule has 0 aromatic heterocycles. The first kappa shape index (κ1) is 19.8. The maximum absolute atomic E-state index is 12.1. The lowest BCUT2D eigenvalue weighted by atomic mass is 9.90. The molecule has 0 heterocycles. The summed E-state index contributed by atoms with van der Waals surface area (Å²) in [5.74, 6) is -0.108. The molecule has 7 heteroatoms. The summed E-state index contributed by atoms with van der Waals surface area (Å²) in [5.41, 5.74) is -0.000144. The van der Waals surface area contributed by atoms with Gasteiger partial charge in [0.15, 0.2) is 6.54 Å². The summed E-state index contributed by atoms with van der Waals surface area (Å²) in [6.07, 6.45) is 0. The number of rotatable bonds is 8. The van der Waals surface area contributed by atoms with Gasteiger partial charge in [0.2, 0.25) is 0 Å². The van der Waals surface area contributed by atoms with Crippen molar-refractivity contribution in [2.24, 2.45) is 5.92 Å². The predicted octanol–water partition coefficient (Wildman–Crippen LogP) is 1.36. The van der Waals surface area contributed by atoms with Crippen molar-refractivity contribution in [3.63, 3.8) is 0 Å². The molecule has 5 nitrogen and oxygen atoms in total. The Morgan fingerprint density at radius 1 is 1.38 bits per heavy atom. The number of halogens is 2. The van der Waals surface area contributed by atoms with E-state index in [-0.39, 0.29) is 24.1 Å². The maximum atomic E-state index is 12.1. The summed E-state index contributed by atoms with van der Waals surface area (Å²) in [6.45, 7) is 3.37. The molecule has 1 unspecified atom stereocenters. The van der Waals surface area contributed by atoms with Crippen LogP contribution in [-0.4, -0.2) is 31.7 Å². The smallest absolute Gasteiger partial charge is 0.387 e. The van der Waals surface area contributed by atoms with Crippen LogP contribution < -0.4 is 15.0 Å². The number of hydrogen-bond donors (Lipinski definition) is 2. The molecule has 1 aromatic carbocycles. The summed E-state index contributed by atoms with van der Waals surface area (Å²) in [6, 6.07) is 8.46. The number of likely N-dealkylation sites (N-methyl/N-ethyl adjacent to an activating group) is 1. The highest BCUT2D eigenvalue weighted by atomic mass is 19.3. The van der Waals surface area contributed by atoms with Gasteiger partial charge in [-0.2, -0.15) is 14.0 Å². The lowest BCUT2D eigenvalue weighted by Crippen LogP contribution is -3.09. The van der Waals surface area contributed by atoms with Crippen molar-refractivity contribution in [3.05, 3.63) is 29.8 Å². The standard InChI is InChI=1S/C17H23F2N3O2/c1-12(2)17(3,11-20)21-15(23)10-22(4)9-13-5-7-14(8-6-13)24-16(18)19/h5-8,12,16H,9-10H2,1-4H3,(H,21,23)/p+1/t17-/m0/s1. The van der Waals surface area contributed by atoms with E-state index in [1.165, 1.54) is 12.1 Å². The van der Waals surface area contributed by atoms with Gasteiger partial charge >= 0.3 is 6.61 Å². The van der Waals surface area contributed by atoms with Crippen molar-refractivity contribution < 1.29 is 23.2 Å². The molecule has 1 aromatic rings. The van der Waals surface area contributed by atoms with E-state index in [1.807, 2.05) is 20.9 Å². The molecule has 0 saturated carbocycles. The van der Waals surface area contributed by atoms with Crippen molar-refractivity contribution in [2.75, 3.05) is 13.6 Å². The summed E-state index contributed by atoms with van der Waals surface area (Å²) in [4.78, 5) is 13.0. The molecule has 0 fully saturated rings. The number of ether oxygens (including phenoxy) is 1. The van der Waals surface area contributed by atoms with E-state index >= 15 is 0 Å². The van der Waals surface area contributed by atoms with Gasteiger partial charge < -0.3 is 15.0 Å². The van der Waals surface area contributed by atoms with Crippen LogP contribution >= 0.6 is 0 Å². The lowest BCUT2D eigenvalue weighted by Gasteiger charge is -2.27. The molecule has 0 aliphatic heterocycles. The predicted molar refractivity (Wildman–Crippen MR) is 85.5 cm³/mol. The zero-order valence-corrected chi connectivity index (χ0v) is 14.4. The first-order valence-electron chi connectivity index (χ1n) is 7.73. The molecule has 2 N–H and O–H groups in total. The minimum absolute atomic E-state index is 0.00543. The van der Waals surface area contributed by atoms with Crippen LogP contribution in [0.2, 0.25) is 0 Å². The van der Waals surface area contributed by atoms with Crippen molar-refractivity contribution in [3.8, 4) is 11.8 Å². The Bertz CT molecular complexity index is 584. The highest BCUT2D eigenvalue weighted by Crippen LogP contribution is 2.15. The van der Waals surface area contributed by atoms with E-state index in [1.54, 1.807) is 19.1 Å². The van der Waals surface area contributed by atoms with Gasteiger partial charge in [0, 0.05) is 5.56 Å². The van der Waals surface area contributed by atoms with Gasteiger partial charge in [-0.1, -0.05) is 13.8 Å². The Morgan fingerprint density at radius 2 is 1.96 bits per heavy atom. The van der Waals surface area contributed by atoms with Crippen LogP contribution in [0.15, 0.2) is 24.3 Å². The minimum Gasteiger partial charge on any atom is -0.435 e. The summed E-state index contributed by atoms with van der Waals surface area (Å²) >= 11 is 0. The van der Waals surface area contributed by atoms with Crippen molar-refractivity contribution >= 4 is 5.91 Å². The number of benzene rings is 1. The first-order valence-corrected chi connectivity index (χ1v) is 7.73. The van der Waals surface area contributed by atoms with Crippen LogP contribution in [0, 0.1) is 17.2 Å². The second kappa shape index (κ2) is 8.60. The van der Waals surface area contributed by atoms with Gasteiger partial charge in [0.1, 0.15) is 17.8 Å². The summed E-state index contributed by atoms with van der Waals surface area (Å²) in [5, 5.41) is 12.0. The Balaban J connectivity index is 2.55. The molecule has 1 rings (SSSR count). The molecule has 0 bridgehead atoms. The number of hydrogen-bond acceptors (Lipinski definition) is 3. The monoisotopic (exact) mass is 340 g/mol. The fourth-order valence-corrected chi connectivity index (χ4v) is 2.11. The average molecular weight is 340 g/mol. The number of carbonyl (C=O) groups is 1. The third-order valence-electron chi connectivity index (χ3n) is 3.90. The van der Waals surface area contributed by atoms with Crippen LogP contribution in [0.5, 0.6) is 5.75 Å². The normalized spacial score (nSPS) is 14.8. The third-order valence-corrected chi connectivity index (χ3v) is 3.90. The Labute approximate surface area is 141 Å². The highest BCUT2D eigenvalue weighted by molar-refractivity contribution is 5.78. The number of carbonyl (C=O) groups excluding carboxylic acids is 1. The molecule has 1 amide bonds. The van der Waals surface area contributed by atoms with Gasteiger partial charge in [0.25, 0.3) is 5.91 Å². The van der Waals surface area contributed by atoms with Crippen LogP contribution in [0.1, 0.15) is 26.3 Å². The number of nitrogens with zero attached hydrogens (tertiary/aromatic N) is 1. The van der Waals surface area contributed by atoms with Gasteiger partial charge in [0.05, 0.1) is 13.1 Å². The number of nitrogens with one attached hydrogen (secondary N) is 2. The number of amides is 1. The minimum atomic E-state index is -2.84. The molecule has 0 aliphatic rings. The van der Waals surface area contributed by atoms with Gasteiger partial charge in [-0.15, -0.1) is 0 Å². The van der Waals surface area contributed by atoms with E-state index in [9.17, 15) is 18.8 Å². The molecule has 0 saturated heterocycles. The van der Waals surface area contributed by atoms with Gasteiger partial charge in [-0.3, -0.25) is 4.79 Å². The van der Waals surface area contributed by atoms with Crippen LogP contribution in [-0.2, 0) is 11.3 Å². The molecule has 0 aliphatic carbocycles. The number of nitriles is 1. The topological polar surface area (TPSA) is 66.6 Å². The van der Waals surface area contributed by atoms with Crippen LogP contribution in [0.3, 0.4) is 0 Å². The Morgan fingerprint density at radius 3 is 2.42 bits per heavy atom. The van der Waals surface area contributed by atoms with Crippen molar-refractivity contribution in [2.45, 2.75) is 39.5 Å². The van der Waals surface area contributed by atoms with E-state index in [4.69, 9.17) is 0 Å². The second-order valence-corrected chi connectivity index (χ2v) is 6.35. The fraction of sp³-hybridized carbons (Fsp3) is 0.529. The van der Waals surface area contributed by atoms with E-state index < -0.39 is 12.2 Å². The quantitative estimate of drug-likeness (QED) is 0.751. The lowest BCUT2D eigenvalue weighted by molar-refractivity contribution is -0.885. The summed E-state index contributed by atoms with van der Waals surface area (Å²) in [7, 11) is 1.85. The maximum Gasteiger partial charge on any atom is 0.387 e. The Hall–Kier alpha value is -2.20. The zero-order valence-electron chi connectivity index (χ0n) is 14.4. The highest BCUT2D eigenvalue weighted by Gasteiger charge is 2.30. The van der Waals surface area contributed by atoms with Gasteiger partial charge in [-0.25, -0.2) is 0 Å². The fourth-order valence-electron chi connectivity index (χ4n) is 2.11. The average Bonchev–Trinajstić information content (AvgIpc) is 2.48. The van der Waals surface area contributed by atoms with E-state index in [0.717, 1.165) is 10.5 Å². The second-order valence-electron chi connectivity index (χ2n) is 6.35. The molecule has 0 spiro atoms. The number of alkyl halides is 2. The molecule has 132 valence electrons. The van der Waals surface area contributed by atoms with Crippen molar-refractivity contribution in [1.29, 1.82) is 5.26 Å². The largest absolute Gasteiger partial charge is 0.435 e. The SMILES string of the molecule is CC(C)[C@](C)(C#N)NC(=O)C[NH+](C)Cc1ccc(OC(F)F)cc1. The zero-order chi connectivity index (χ0) is 18.3. The molecular formula is C17H24F2N3O2+. The third kappa shape index (κ3) is 6.13. The Kier molecular flexibility index (Phi) is 7.11. The van der Waals surface area contributed by atoms with Gasteiger partial charge in [-0.05, 0) is 37.1 Å². The molecule has 0 radical (unpaired) electrons. The molecular weight excluding hydrogens is 316 g/mol. The molecule has 2 atom stereocenters. The van der Waals surface area contributed by atoms with Crippen LogP contribution in [0.25, 0.3) is 0 Å². The molecule has 24 heavy (non-hydrogen) atoms. The van der Waals surface area contributed by atoms with E-state index in [0.29, 0.717) is 6.54 Å². The first-order chi connectivity index (χ1) is 11.2. The number of quaternary nitrogens is 1. The van der Waals surface area contributed by atoms with Crippen molar-refractivity contribution in [1.82, 2.24) is 5.32 Å². The van der Waals surface area contributed by atoms with Crippen LogP contribution in [0.4, 0.5) is 8.78 Å². The van der Waals surface area contributed by atoms with E-state index in [2.05, 4.69) is 16.1 Å².